The lowest BCUT2D eigenvalue weighted by atomic mass is 9.97. The first-order chi connectivity index (χ1) is 8.93. The Morgan fingerprint density at radius 2 is 2.21 bits per heavy atom. The van der Waals surface area contributed by atoms with Gasteiger partial charge in [-0.05, 0) is 18.9 Å². The largest absolute Gasteiger partial charge is 0.393 e. The molecule has 0 bridgehead atoms. The Hall–Kier alpha value is -1.48. The van der Waals surface area contributed by atoms with Gasteiger partial charge in [0, 0.05) is 19.3 Å². The summed E-state index contributed by atoms with van der Waals surface area (Å²) in [5.41, 5.74) is 0.223. The highest BCUT2D eigenvalue weighted by Gasteiger charge is 2.42. The van der Waals surface area contributed by atoms with Gasteiger partial charge in [0.05, 0.1) is 11.5 Å². The van der Waals surface area contributed by atoms with Gasteiger partial charge in [-0.3, -0.25) is 0 Å². The van der Waals surface area contributed by atoms with Crippen LogP contribution >= 0.6 is 11.6 Å². The molecule has 1 atom stereocenters. The third kappa shape index (κ3) is 2.92. The molecule has 0 aromatic carbocycles. The molecular weight excluding hydrogens is 279 g/mol. The highest BCUT2D eigenvalue weighted by Crippen LogP contribution is 2.36. The van der Waals surface area contributed by atoms with Crippen LogP contribution in [-0.2, 0) is 0 Å². The van der Waals surface area contributed by atoms with Crippen molar-refractivity contribution in [2.45, 2.75) is 19.0 Å². The zero-order valence-electron chi connectivity index (χ0n) is 9.91. The predicted octanol–water partition coefficient (Wildman–Crippen LogP) is 3.39. The van der Waals surface area contributed by atoms with Gasteiger partial charge in [-0.2, -0.15) is 18.4 Å². The quantitative estimate of drug-likeness (QED) is 0.795. The van der Waals surface area contributed by atoms with Crippen LogP contribution in [0.5, 0.6) is 0 Å². The Balaban J connectivity index is 2.26. The van der Waals surface area contributed by atoms with Crippen LogP contribution in [0.1, 0.15) is 18.4 Å². The van der Waals surface area contributed by atoms with E-state index in [9.17, 15) is 13.2 Å². The average Bonchev–Trinajstić information content (AvgIpc) is 2.38. The number of nitriles is 1. The minimum absolute atomic E-state index is 0.118. The number of rotatable bonds is 1. The predicted molar refractivity (Wildman–Crippen MR) is 65.0 cm³/mol. The summed E-state index contributed by atoms with van der Waals surface area (Å²) in [6, 6.07) is 3.34. The van der Waals surface area contributed by atoms with E-state index >= 15 is 0 Å². The molecule has 1 unspecified atom stereocenters. The Kier molecular flexibility index (Phi) is 3.85. The number of hydrogen-bond acceptors (Lipinski definition) is 3. The van der Waals surface area contributed by atoms with Crippen LogP contribution in [0.2, 0.25) is 5.02 Å². The monoisotopic (exact) mass is 289 g/mol. The van der Waals surface area contributed by atoms with Crippen molar-refractivity contribution in [1.82, 2.24) is 4.98 Å². The summed E-state index contributed by atoms with van der Waals surface area (Å²) < 4.78 is 38.2. The number of aromatic nitrogens is 1. The second-order valence-electron chi connectivity index (χ2n) is 4.43. The summed E-state index contributed by atoms with van der Waals surface area (Å²) >= 11 is 6.00. The fraction of sp³-hybridized carbons (Fsp3) is 0.500. The maximum absolute atomic E-state index is 12.7. The van der Waals surface area contributed by atoms with Gasteiger partial charge < -0.3 is 4.90 Å². The molecule has 1 aromatic rings. The molecule has 1 fully saturated rings. The molecule has 7 heteroatoms. The van der Waals surface area contributed by atoms with Gasteiger partial charge in [-0.15, -0.1) is 0 Å². The fourth-order valence-corrected chi connectivity index (χ4v) is 2.45. The van der Waals surface area contributed by atoms with E-state index in [4.69, 9.17) is 16.9 Å². The first-order valence-electron chi connectivity index (χ1n) is 5.79. The van der Waals surface area contributed by atoms with Gasteiger partial charge in [-0.1, -0.05) is 11.6 Å². The normalized spacial score (nSPS) is 20.2. The van der Waals surface area contributed by atoms with Gasteiger partial charge >= 0.3 is 6.18 Å². The molecule has 0 radical (unpaired) electrons. The van der Waals surface area contributed by atoms with Crippen LogP contribution in [0.15, 0.2) is 12.3 Å². The highest BCUT2D eigenvalue weighted by atomic mass is 35.5. The van der Waals surface area contributed by atoms with Crippen molar-refractivity contribution in [2.75, 3.05) is 18.0 Å². The SMILES string of the molecule is N#Cc1ccnc(N2CCCC(C(F)(F)F)C2)c1Cl. The van der Waals surface area contributed by atoms with Crippen molar-refractivity contribution in [2.24, 2.45) is 5.92 Å². The molecule has 19 heavy (non-hydrogen) atoms. The van der Waals surface area contributed by atoms with Gasteiger partial charge in [0.1, 0.15) is 16.9 Å². The second kappa shape index (κ2) is 5.25. The summed E-state index contributed by atoms with van der Waals surface area (Å²) in [5, 5.41) is 8.98. The van der Waals surface area contributed by atoms with E-state index < -0.39 is 12.1 Å². The molecule has 0 saturated carbocycles. The fourth-order valence-electron chi connectivity index (χ4n) is 2.18. The first kappa shape index (κ1) is 13.9. The van der Waals surface area contributed by atoms with Crippen molar-refractivity contribution >= 4 is 17.4 Å². The van der Waals surface area contributed by atoms with E-state index in [-0.39, 0.29) is 29.4 Å². The number of nitrogens with zero attached hydrogens (tertiary/aromatic N) is 3. The average molecular weight is 290 g/mol. The third-order valence-electron chi connectivity index (χ3n) is 3.18. The summed E-state index contributed by atoms with van der Waals surface area (Å²) in [7, 11) is 0. The molecule has 0 amide bonds. The molecule has 3 nitrogen and oxygen atoms in total. The smallest absolute Gasteiger partial charge is 0.355 e. The number of anilines is 1. The van der Waals surface area contributed by atoms with Crippen molar-refractivity contribution in [3.8, 4) is 6.07 Å². The number of hydrogen-bond donors (Lipinski definition) is 0. The third-order valence-corrected chi connectivity index (χ3v) is 3.55. The van der Waals surface area contributed by atoms with Gasteiger partial charge in [0.2, 0.25) is 0 Å². The summed E-state index contributed by atoms with van der Waals surface area (Å²) in [4.78, 5) is 5.51. The van der Waals surface area contributed by atoms with Crippen molar-refractivity contribution in [1.29, 1.82) is 5.26 Å². The number of pyridine rings is 1. The molecule has 2 rings (SSSR count). The minimum atomic E-state index is -4.21. The van der Waals surface area contributed by atoms with Gasteiger partial charge in [-0.25, -0.2) is 4.98 Å². The molecule has 0 spiro atoms. The molecule has 0 N–H and O–H groups in total. The van der Waals surface area contributed by atoms with E-state index in [1.807, 2.05) is 6.07 Å². The number of piperidine rings is 1. The van der Waals surface area contributed by atoms with Crippen molar-refractivity contribution in [3.63, 3.8) is 0 Å². The zero-order valence-corrected chi connectivity index (χ0v) is 10.7. The number of alkyl halides is 3. The topological polar surface area (TPSA) is 39.9 Å². The van der Waals surface area contributed by atoms with Crippen LogP contribution in [0.3, 0.4) is 0 Å². The molecule has 1 aliphatic heterocycles. The summed E-state index contributed by atoms with van der Waals surface area (Å²) in [5.74, 6) is -1.11. The number of halogens is 4. The highest BCUT2D eigenvalue weighted by molar-refractivity contribution is 6.34. The van der Waals surface area contributed by atoms with Crippen LogP contribution in [0.25, 0.3) is 0 Å². The molecule has 2 heterocycles. The Morgan fingerprint density at radius 1 is 1.47 bits per heavy atom. The summed E-state index contributed by atoms with van der Waals surface area (Å²) in [6.45, 7) is 0.305. The molecule has 1 aromatic heterocycles. The van der Waals surface area contributed by atoms with E-state index in [2.05, 4.69) is 4.98 Å². The molecule has 102 valence electrons. The van der Waals surface area contributed by atoms with Crippen LogP contribution < -0.4 is 4.90 Å². The Morgan fingerprint density at radius 3 is 2.84 bits per heavy atom. The molecular formula is C12H11ClF3N3. The lowest BCUT2D eigenvalue weighted by molar-refractivity contribution is -0.176. The van der Waals surface area contributed by atoms with Crippen LogP contribution in [0.4, 0.5) is 19.0 Å². The van der Waals surface area contributed by atoms with E-state index in [1.165, 1.54) is 17.2 Å². The second-order valence-corrected chi connectivity index (χ2v) is 4.81. The lowest BCUT2D eigenvalue weighted by Crippen LogP contribution is -2.42. The lowest BCUT2D eigenvalue weighted by Gasteiger charge is -2.34. The Bertz CT molecular complexity index is 510. The van der Waals surface area contributed by atoms with E-state index in [0.717, 1.165) is 0 Å². The van der Waals surface area contributed by atoms with Crippen molar-refractivity contribution in [3.05, 3.63) is 22.8 Å². The van der Waals surface area contributed by atoms with Crippen LogP contribution in [-0.4, -0.2) is 24.2 Å². The van der Waals surface area contributed by atoms with Gasteiger partial charge in [0.25, 0.3) is 0 Å². The summed E-state index contributed by atoms with van der Waals surface area (Å²) in [6.07, 6.45) is -2.27. The van der Waals surface area contributed by atoms with Crippen LogP contribution in [0, 0.1) is 17.2 Å². The molecule has 1 aliphatic rings. The standard InChI is InChI=1S/C12H11ClF3N3/c13-10-8(6-17)3-4-18-11(10)19-5-1-2-9(7-19)12(14,15)16/h3-4,9H,1-2,5,7H2. The maximum Gasteiger partial charge on any atom is 0.393 e. The van der Waals surface area contributed by atoms with Crippen molar-refractivity contribution < 1.29 is 13.2 Å². The first-order valence-corrected chi connectivity index (χ1v) is 6.17. The minimum Gasteiger partial charge on any atom is -0.355 e. The maximum atomic E-state index is 12.7. The zero-order chi connectivity index (χ0) is 14.0. The van der Waals surface area contributed by atoms with Gasteiger partial charge in [0.15, 0.2) is 0 Å². The molecule has 1 saturated heterocycles. The Labute approximate surface area is 113 Å². The van der Waals surface area contributed by atoms with E-state index in [0.29, 0.717) is 13.0 Å². The van der Waals surface area contributed by atoms with E-state index in [1.54, 1.807) is 0 Å². The molecule has 0 aliphatic carbocycles.